The first kappa shape index (κ1) is 16.2. The SMILES string of the molecule is CN(C)S(=O)(=O)c1ccc(N2CCC[C@H]2C(=O)Cl)c2nonc12. The molecule has 0 saturated carbocycles. The number of carbonyl (C=O) groups excluding carboxylic acids is 1. The molecule has 0 N–H and O–H groups in total. The van der Waals surface area contributed by atoms with Crippen LogP contribution in [-0.4, -0.2) is 55.0 Å². The number of nitrogens with zero attached hydrogens (tertiary/aromatic N) is 4. The summed E-state index contributed by atoms with van der Waals surface area (Å²) in [5, 5.41) is 7.11. The Balaban J connectivity index is 2.16. The average molecular weight is 359 g/mol. The number of fused-ring (bicyclic) bond motifs is 1. The van der Waals surface area contributed by atoms with Crippen molar-refractivity contribution in [3.05, 3.63) is 12.1 Å². The fourth-order valence-electron chi connectivity index (χ4n) is 2.76. The van der Waals surface area contributed by atoms with Gasteiger partial charge in [-0.1, -0.05) is 0 Å². The summed E-state index contributed by atoms with van der Waals surface area (Å²) in [6.45, 7) is 0.630. The maximum Gasteiger partial charge on any atom is 0.244 e. The molecule has 0 bridgehead atoms. The minimum absolute atomic E-state index is 0.00967. The van der Waals surface area contributed by atoms with E-state index in [1.807, 2.05) is 4.90 Å². The van der Waals surface area contributed by atoms with Crippen LogP contribution in [0.4, 0.5) is 5.69 Å². The average Bonchev–Trinajstić information content (AvgIpc) is 3.14. The van der Waals surface area contributed by atoms with Gasteiger partial charge in [-0.25, -0.2) is 17.4 Å². The lowest BCUT2D eigenvalue weighted by Crippen LogP contribution is -2.34. The van der Waals surface area contributed by atoms with E-state index in [-0.39, 0.29) is 10.4 Å². The van der Waals surface area contributed by atoms with Gasteiger partial charge in [0.05, 0.1) is 5.69 Å². The third kappa shape index (κ3) is 2.58. The largest absolute Gasteiger partial charge is 0.358 e. The summed E-state index contributed by atoms with van der Waals surface area (Å²) < 4.78 is 30.6. The molecule has 2 aromatic rings. The highest BCUT2D eigenvalue weighted by Gasteiger charge is 2.33. The first-order valence-electron chi connectivity index (χ1n) is 6.98. The molecule has 23 heavy (non-hydrogen) atoms. The third-order valence-corrected chi connectivity index (χ3v) is 6.04. The van der Waals surface area contributed by atoms with Gasteiger partial charge >= 0.3 is 0 Å². The molecule has 1 aromatic heterocycles. The lowest BCUT2D eigenvalue weighted by Gasteiger charge is -2.24. The fraction of sp³-hybridized carbons (Fsp3) is 0.462. The zero-order chi connectivity index (χ0) is 16.8. The molecule has 0 amide bonds. The van der Waals surface area contributed by atoms with E-state index in [1.54, 1.807) is 6.07 Å². The Hall–Kier alpha value is -1.71. The molecule has 1 atom stereocenters. The molecule has 1 aliphatic heterocycles. The summed E-state index contributed by atoms with van der Waals surface area (Å²) in [6, 6.07) is 2.61. The van der Waals surface area contributed by atoms with Gasteiger partial charge in [0.2, 0.25) is 15.3 Å². The molecular formula is C13H15ClN4O4S. The lowest BCUT2D eigenvalue weighted by molar-refractivity contribution is -0.112. The predicted octanol–water partition coefficient (Wildman–Crippen LogP) is 1.21. The molecule has 0 unspecified atom stereocenters. The molecule has 0 aliphatic carbocycles. The van der Waals surface area contributed by atoms with Gasteiger partial charge in [0.25, 0.3) is 0 Å². The van der Waals surface area contributed by atoms with Crippen molar-refractivity contribution >= 4 is 43.6 Å². The van der Waals surface area contributed by atoms with E-state index < -0.39 is 21.3 Å². The Morgan fingerprint density at radius 3 is 2.70 bits per heavy atom. The molecule has 3 rings (SSSR count). The third-order valence-electron chi connectivity index (χ3n) is 3.94. The van der Waals surface area contributed by atoms with Crippen molar-refractivity contribution in [1.29, 1.82) is 0 Å². The van der Waals surface area contributed by atoms with Crippen molar-refractivity contribution in [3.63, 3.8) is 0 Å². The molecular weight excluding hydrogens is 344 g/mol. The van der Waals surface area contributed by atoms with Gasteiger partial charge in [-0.3, -0.25) is 4.79 Å². The minimum Gasteiger partial charge on any atom is -0.358 e. The van der Waals surface area contributed by atoms with E-state index in [0.29, 0.717) is 24.2 Å². The highest BCUT2D eigenvalue weighted by atomic mass is 35.5. The van der Waals surface area contributed by atoms with Gasteiger partial charge in [0, 0.05) is 20.6 Å². The first-order chi connectivity index (χ1) is 10.8. The van der Waals surface area contributed by atoms with E-state index in [9.17, 15) is 13.2 Å². The van der Waals surface area contributed by atoms with Crippen molar-refractivity contribution in [2.45, 2.75) is 23.8 Å². The molecule has 1 aliphatic rings. The number of aromatic nitrogens is 2. The van der Waals surface area contributed by atoms with Crippen molar-refractivity contribution < 1.29 is 17.8 Å². The second-order valence-corrected chi connectivity index (χ2v) is 7.98. The van der Waals surface area contributed by atoms with Crippen LogP contribution in [0.2, 0.25) is 0 Å². The van der Waals surface area contributed by atoms with Crippen LogP contribution in [0.3, 0.4) is 0 Å². The van der Waals surface area contributed by atoms with Gasteiger partial charge in [0.15, 0.2) is 11.0 Å². The molecule has 1 aromatic carbocycles. The Morgan fingerprint density at radius 2 is 2.04 bits per heavy atom. The van der Waals surface area contributed by atoms with E-state index in [2.05, 4.69) is 10.3 Å². The quantitative estimate of drug-likeness (QED) is 0.757. The number of rotatable bonds is 4. The van der Waals surface area contributed by atoms with Crippen molar-refractivity contribution in [2.24, 2.45) is 0 Å². The number of sulfonamides is 1. The highest BCUT2D eigenvalue weighted by Crippen LogP contribution is 2.34. The van der Waals surface area contributed by atoms with Gasteiger partial charge in [0.1, 0.15) is 10.9 Å². The van der Waals surface area contributed by atoms with Crippen molar-refractivity contribution in [3.8, 4) is 0 Å². The standard InChI is InChI=1S/C13H15ClN4O4S/c1-17(2)23(20,21)10-6-5-8(11-12(10)16-22-15-11)18-7-3-4-9(18)13(14)19/h5-6,9H,3-4,7H2,1-2H3/t9-/m0/s1. The Labute approximate surface area is 138 Å². The number of hydrogen-bond donors (Lipinski definition) is 0. The summed E-state index contributed by atoms with van der Waals surface area (Å²) in [4.78, 5) is 13.4. The van der Waals surface area contributed by atoms with Crippen LogP contribution >= 0.6 is 11.6 Å². The van der Waals surface area contributed by atoms with Crippen molar-refractivity contribution in [2.75, 3.05) is 25.5 Å². The second-order valence-electron chi connectivity index (χ2n) is 5.49. The summed E-state index contributed by atoms with van der Waals surface area (Å²) in [5.41, 5.74) is 1.04. The second kappa shape index (κ2) is 5.73. The molecule has 1 saturated heterocycles. The van der Waals surface area contributed by atoms with Crippen LogP contribution < -0.4 is 4.90 Å². The predicted molar refractivity (Wildman–Crippen MR) is 83.9 cm³/mol. The number of benzene rings is 1. The maximum absolute atomic E-state index is 12.4. The van der Waals surface area contributed by atoms with E-state index in [4.69, 9.17) is 16.2 Å². The lowest BCUT2D eigenvalue weighted by atomic mass is 10.2. The van der Waals surface area contributed by atoms with Crippen LogP contribution in [0.15, 0.2) is 21.7 Å². The summed E-state index contributed by atoms with van der Waals surface area (Å²) in [6.07, 6.45) is 1.46. The van der Waals surface area contributed by atoms with Crippen LogP contribution in [0.25, 0.3) is 11.0 Å². The zero-order valence-corrected chi connectivity index (χ0v) is 14.1. The Morgan fingerprint density at radius 1 is 1.35 bits per heavy atom. The van der Waals surface area contributed by atoms with Gasteiger partial charge in [-0.05, 0) is 46.9 Å². The Bertz CT molecular complexity index is 864. The fourth-order valence-corrected chi connectivity index (χ4v) is 4.00. The first-order valence-corrected chi connectivity index (χ1v) is 8.79. The van der Waals surface area contributed by atoms with Gasteiger partial charge in [-0.15, -0.1) is 0 Å². The molecule has 8 nitrogen and oxygen atoms in total. The monoisotopic (exact) mass is 358 g/mol. The molecule has 0 radical (unpaired) electrons. The molecule has 10 heteroatoms. The normalized spacial score (nSPS) is 19.0. The molecule has 1 fully saturated rings. The smallest absolute Gasteiger partial charge is 0.244 e. The topological polar surface area (TPSA) is 96.6 Å². The van der Waals surface area contributed by atoms with Crippen LogP contribution in [-0.2, 0) is 14.8 Å². The maximum atomic E-state index is 12.4. The molecule has 0 spiro atoms. The van der Waals surface area contributed by atoms with Crippen molar-refractivity contribution in [1.82, 2.24) is 14.6 Å². The number of anilines is 1. The summed E-state index contributed by atoms with van der Waals surface area (Å²) >= 11 is 5.66. The number of halogens is 1. The zero-order valence-electron chi connectivity index (χ0n) is 12.6. The van der Waals surface area contributed by atoms with E-state index >= 15 is 0 Å². The van der Waals surface area contributed by atoms with Gasteiger partial charge in [-0.2, -0.15) is 0 Å². The van der Waals surface area contributed by atoms with E-state index in [0.717, 1.165) is 10.7 Å². The minimum atomic E-state index is -3.68. The number of hydrogen-bond acceptors (Lipinski definition) is 7. The highest BCUT2D eigenvalue weighted by molar-refractivity contribution is 7.89. The van der Waals surface area contributed by atoms with Crippen LogP contribution in [0.1, 0.15) is 12.8 Å². The molecule has 124 valence electrons. The van der Waals surface area contributed by atoms with E-state index in [1.165, 1.54) is 20.2 Å². The van der Waals surface area contributed by atoms with Crippen LogP contribution in [0.5, 0.6) is 0 Å². The Kier molecular flexibility index (Phi) is 4.03. The summed E-state index contributed by atoms with van der Waals surface area (Å²) in [5.74, 6) is 0. The molecule has 2 heterocycles. The number of carbonyl (C=O) groups is 1. The van der Waals surface area contributed by atoms with Crippen LogP contribution in [0, 0.1) is 0 Å². The summed E-state index contributed by atoms with van der Waals surface area (Å²) in [7, 11) is -0.813. The van der Waals surface area contributed by atoms with Gasteiger partial charge < -0.3 is 4.90 Å².